The van der Waals surface area contributed by atoms with Crippen LogP contribution in [0.5, 0.6) is 0 Å². The van der Waals surface area contributed by atoms with Crippen LogP contribution < -0.4 is 4.72 Å². The number of hydrogen-bond acceptors (Lipinski definition) is 5. The Morgan fingerprint density at radius 3 is 2.50 bits per heavy atom. The predicted octanol–water partition coefficient (Wildman–Crippen LogP) is 1.33. The highest BCUT2D eigenvalue weighted by Gasteiger charge is 2.27. The van der Waals surface area contributed by atoms with E-state index in [1.807, 2.05) is 6.92 Å². The maximum atomic E-state index is 12.2. The topological polar surface area (TPSA) is 92.7 Å². The third kappa shape index (κ3) is 4.01. The Kier molecular flexibility index (Phi) is 6.14. The van der Waals surface area contributed by atoms with Crippen molar-refractivity contribution in [1.29, 1.82) is 0 Å². The number of sulfonamides is 1. The van der Waals surface area contributed by atoms with Crippen LogP contribution in [0.4, 0.5) is 0 Å². The van der Waals surface area contributed by atoms with Crippen LogP contribution in [-0.2, 0) is 19.6 Å². The molecular formula is C11H13Br2NO5S. The summed E-state index contributed by atoms with van der Waals surface area (Å²) in [6.45, 7) is 1.11. The molecule has 0 aromatic heterocycles. The SMILES string of the molecule is COC(=O)C(CO)NS(=O)(=O)c1cc(Br)c(C)cc1Br. The molecule has 1 unspecified atom stereocenters. The van der Waals surface area contributed by atoms with Crippen LogP contribution in [0.1, 0.15) is 5.56 Å². The lowest BCUT2D eigenvalue weighted by molar-refractivity contribution is -0.143. The summed E-state index contributed by atoms with van der Waals surface area (Å²) in [6.07, 6.45) is 0. The minimum Gasteiger partial charge on any atom is -0.468 e. The molecule has 9 heteroatoms. The molecule has 6 nitrogen and oxygen atoms in total. The van der Waals surface area contributed by atoms with Crippen molar-refractivity contribution in [2.75, 3.05) is 13.7 Å². The van der Waals surface area contributed by atoms with Crippen molar-refractivity contribution in [3.05, 3.63) is 26.6 Å². The lowest BCUT2D eigenvalue weighted by Gasteiger charge is -2.15. The fraction of sp³-hybridized carbons (Fsp3) is 0.364. The minimum absolute atomic E-state index is 0.0441. The van der Waals surface area contributed by atoms with E-state index >= 15 is 0 Å². The summed E-state index contributed by atoms with van der Waals surface area (Å²) in [7, 11) is -2.88. The zero-order chi connectivity index (χ0) is 15.5. The first kappa shape index (κ1) is 17.6. The number of nitrogens with one attached hydrogen (secondary N) is 1. The molecule has 0 saturated carbocycles. The van der Waals surface area contributed by atoms with Gasteiger partial charge in [0.25, 0.3) is 0 Å². The van der Waals surface area contributed by atoms with E-state index in [4.69, 9.17) is 5.11 Å². The third-order valence-electron chi connectivity index (χ3n) is 2.47. The van der Waals surface area contributed by atoms with Gasteiger partial charge in [0.2, 0.25) is 10.0 Å². The van der Waals surface area contributed by atoms with Gasteiger partial charge in [-0.2, -0.15) is 4.72 Å². The molecule has 1 aromatic rings. The maximum Gasteiger partial charge on any atom is 0.326 e. The summed E-state index contributed by atoms with van der Waals surface area (Å²) in [6, 6.07) is 1.69. The quantitative estimate of drug-likeness (QED) is 0.687. The van der Waals surface area contributed by atoms with Crippen LogP contribution in [0, 0.1) is 6.92 Å². The molecule has 0 aliphatic carbocycles. The monoisotopic (exact) mass is 429 g/mol. The molecule has 0 spiro atoms. The number of hydrogen-bond donors (Lipinski definition) is 2. The molecule has 1 aromatic carbocycles. The van der Waals surface area contributed by atoms with Crippen molar-refractivity contribution < 1.29 is 23.1 Å². The first-order valence-electron chi connectivity index (χ1n) is 5.39. The molecule has 0 aliphatic rings. The predicted molar refractivity (Wildman–Crippen MR) is 79.8 cm³/mol. The van der Waals surface area contributed by atoms with Crippen LogP contribution in [0.15, 0.2) is 26.0 Å². The van der Waals surface area contributed by atoms with Gasteiger partial charge in [-0.1, -0.05) is 15.9 Å². The van der Waals surface area contributed by atoms with Crippen molar-refractivity contribution in [3.8, 4) is 0 Å². The van der Waals surface area contributed by atoms with Crippen LogP contribution in [-0.4, -0.2) is 39.3 Å². The number of benzene rings is 1. The van der Waals surface area contributed by atoms with E-state index in [0.29, 0.717) is 8.95 Å². The van der Waals surface area contributed by atoms with E-state index in [2.05, 4.69) is 41.3 Å². The highest BCUT2D eigenvalue weighted by molar-refractivity contribution is 9.11. The van der Waals surface area contributed by atoms with Gasteiger partial charge in [-0.05, 0) is 40.5 Å². The van der Waals surface area contributed by atoms with Gasteiger partial charge >= 0.3 is 5.97 Å². The van der Waals surface area contributed by atoms with Gasteiger partial charge in [0.15, 0.2) is 0 Å². The Bertz CT molecular complexity index is 617. The van der Waals surface area contributed by atoms with E-state index in [1.165, 1.54) is 6.07 Å². The summed E-state index contributed by atoms with van der Waals surface area (Å²) in [5, 5.41) is 9.06. The average Bonchev–Trinajstić information content (AvgIpc) is 2.39. The van der Waals surface area contributed by atoms with Crippen molar-refractivity contribution in [2.24, 2.45) is 0 Å². The number of carbonyl (C=O) groups excluding carboxylic acids is 1. The second-order valence-corrected chi connectivity index (χ2v) is 7.30. The van der Waals surface area contributed by atoms with E-state index < -0.39 is 28.6 Å². The van der Waals surface area contributed by atoms with Crippen LogP contribution >= 0.6 is 31.9 Å². The molecule has 112 valence electrons. The molecule has 1 atom stereocenters. The number of carbonyl (C=O) groups is 1. The number of esters is 1. The van der Waals surface area contributed by atoms with Crippen molar-refractivity contribution >= 4 is 47.9 Å². The van der Waals surface area contributed by atoms with Gasteiger partial charge in [0.1, 0.15) is 6.04 Å². The highest BCUT2D eigenvalue weighted by atomic mass is 79.9. The molecule has 2 N–H and O–H groups in total. The summed E-state index contributed by atoms with van der Waals surface area (Å²) >= 11 is 6.41. The number of aliphatic hydroxyl groups excluding tert-OH is 1. The molecule has 0 amide bonds. The van der Waals surface area contributed by atoms with E-state index in [-0.39, 0.29) is 4.90 Å². The van der Waals surface area contributed by atoms with E-state index in [0.717, 1.165) is 12.7 Å². The first-order valence-corrected chi connectivity index (χ1v) is 8.46. The summed E-state index contributed by atoms with van der Waals surface area (Å²) in [5.74, 6) is -0.863. The van der Waals surface area contributed by atoms with Crippen LogP contribution in [0.2, 0.25) is 0 Å². The van der Waals surface area contributed by atoms with Gasteiger partial charge in [-0.25, -0.2) is 8.42 Å². The van der Waals surface area contributed by atoms with Crippen molar-refractivity contribution in [1.82, 2.24) is 4.72 Å². The Hall–Kier alpha value is -0.480. The molecule has 1 rings (SSSR count). The molecule has 0 radical (unpaired) electrons. The lowest BCUT2D eigenvalue weighted by atomic mass is 10.2. The molecule has 0 aliphatic heterocycles. The van der Waals surface area contributed by atoms with Gasteiger partial charge < -0.3 is 9.84 Å². The Morgan fingerprint density at radius 2 is 2.00 bits per heavy atom. The number of aryl methyl sites for hydroxylation is 1. The Labute approximate surface area is 133 Å². The van der Waals surface area contributed by atoms with E-state index in [1.54, 1.807) is 6.07 Å². The number of methoxy groups -OCH3 is 1. The number of rotatable bonds is 5. The summed E-state index contributed by atoms with van der Waals surface area (Å²) in [5.41, 5.74) is 0.850. The first-order chi connectivity index (χ1) is 9.22. The second-order valence-electron chi connectivity index (χ2n) is 3.91. The molecule has 0 fully saturated rings. The Morgan fingerprint density at radius 1 is 1.40 bits per heavy atom. The standard InChI is InChI=1S/C11H13Br2NO5S/c1-6-3-8(13)10(4-7(6)12)20(17,18)14-9(5-15)11(16)19-2/h3-4,9,14-15H,5H2,1-2H3. The minimum atomic E-state index is -3.98. The molecule has 0 heterocycles. The van der Waals surface area contributed by atoms with Gasteiger partial charge in [-0.3, -0.25) is 4.79 Å². The molecule has 20 heavy (non-hydrogen) atoms. The van der Waals surface area contributed by atoms with Crippen molar-refractivity contribution in [2.45, 2.75) is 17.9 Å². The van der Waals surface area contributed by atoms with Gasteiger partial charge in [0, 0.05) is 8.95 Å². The number of ether oxygens (including phenoxy) is 1. The summed E-state index contributed by atoms with van der Waals surface area (Å²) < 4.78 is 31.9. The zero-order valence-electron chi connectivity index (χ0n) is 10.7. The lowest BCUT2D eigenvalue weighted by Crippen LogP contribution is -2.44. The van der Waals surface area contributed by atoms with Gasteiger partial charge in [0.05, 0.1) is 18.6 Å². The molecule has 0 saturated heterocycles. The fourth-order valence-electron chi connectivity index (χ4n) is 1.39. The second kappa shape index (κ2) is 6.99. The van der Waals surface area contributed by atoms with Gasteiger partial charge in [-0.15, -0.1) is 0 Å². The number of aliphatic hydroxyl groups is 1. The van der Waals surface area contributed by atoms with E-state index in [9.17, 15) is 13.2 Å². The largest absolute Gasteiger partial charge is 0.468 e. The highest BCUT2D eigenvalue weighted by Crippen LogP contribution is 2.28. The maximum absolute atomic E-state index is 12.2. The van der Waals surface area contributed by atoms with Crippen molar-refractivity contribution in [3.63, 3.8) is 0 Å². The van der Waals surface area contributed by atoms with Crippen LogP contribution in [0.25, 0.3) is 0 Å². The smallest absolute Gasteiger partial charge is 0.326 e. The third-order valence-corrected chi connectivity index (χ3v) is 5.75. The number of halogens is 2. The fourth-order valence-corrected chi connectivity index (χ4v) is 4.24. The average molecular weight is 431 g/mol. The summed E-state index contributed by atoms with van der Waals surface area (Å²) in [4.78, 5) is 11.3. The zero-order valence-corrected chi connectivity index (χ0v) is 14.7. The van der Waals surface area contributed by atoms with Crippen LogP contribution in [0.3, 0.4) is 0 Å². The molecular weight excluding hydrogens is 418 g/mol. The normalized spacial score (nSPS) is 13.1. The Balaban J connectivity index is 3.17. The molecule has 0 bridgehead atoms.